The lowest BCUT2D eigenvalue weighted by Crippen LogP contribution is -2.45. The molecule has 26 nitrogen and oxygen atoms in total. The minimum atomic E-state index is -4.36. The highest BCUT2D eigenvalue weighted by Gasteiger charge is 2.44. The Morgan fingerprint density at radius 3 is 1.49 bits per heavy atom. The number of sulfonamides is 2. The molecule has 504 valence electrons. The molecule has 6 aromatic heterocycles. The Kier molecular flexibility index (Phi) is 22.0. The van der Waals surface area contributed by atoms with E-state index in [0.29, 0.717) is 85.9 Å². The molecular weight excluding hydrogens is 1280 g/mol. The first-order chi connectivity index (χ1) is 43.8. The number of pyridine rings is 4. The van der Waals surface area contributed by atoms with E-state index in [1.807, 2.05) is 44.1 Å². The number of nitrogens with zero attached hydrogens (tertiary/aromatic N) is 9. The van der Waals surface area contributed by atoms with Crippen molar-refractivity contribution in [3.8, 4) is 23.4 Å². The van der Waals surface area contributed by atoms with Gasteiger partial charge >= 0.3 is 6.09 Å². The van der Waals surface area contributed by atoms with Gasteiger partial charge in [0.25, 0.3) is 31.9 Å². The predicted molar refractivity (Wildman–Crippen MR) is 349 cm³/mol. The maximum absolute atomic E-state index is 13.1. The third-order valence-corrected chi connectivity index (χ3v) is 19.3. The van der Waals surface area contributed by atoms with Gasteiger partial charge in [-0.2, -0.15) is 16.8 Å². The fraction of sp³-hybridized carbons (Fsp3) is 0.540. The fourth-order valence-electron chi connectivity index (χ4n) is 10.5. The third kappa shape index (κ3) is 20.2. The van der Waals surface area contributed by atoms with Crippen molar-refractivity contribution in [3.05, 3.63) is 107 Å². The lowest BCUT2D eigenvalue weighted by Gasteiger charge is -2.33. The van der Waals surface area contributed by atoms with Gasteiger partial charge in [-0.25, -0.2) is 43.5 Å². The highest BCUT2D eigenvalue weighted by atomic mass is 35.5. The first-order valence-corrected chi connectivity index (χ1v) is 34.8. The number of ether oxygens (including phenoxy) is 5. The zero-order chi connectivity index (χ0) is 67.0. The summed E-state index contributed by atoms with van der Waals surface area (Å²) in [5.74, 6) is 0.299. The predicted octanol–water partition coefficient (Wildman–Crippen LogP) is 9.57. The Bertz CT molecular complexity index is 3850. The van der Waals surface area contributed by atoms with Crippen LogP contribution in [0.2, 0.25) is 10.3 Å². The third-order valence-electron chi connectivity index (χ3n) is 16.3. The van der Waals surface area contributed by atoms with Crippen LogP contribution in [0.5, 0.6) is 11.8 Å². The summed E-state index contributed by atoms with van der Waals surface area (Å²) in [5, 5.41) is 17.2. The van der Waals surface area contributed by atoms with Crippen molar-refractivity contribution in [2.75, 3.05) is 63.2 Å². The molecule has 8 heterocycles. The molecule has 0 aromatic carbocycles. The van der Waals surface area contributed by atoms with Crippen LogP contribution in [0, 0.1) is 10.8 Å². The second kappa shape index (κ2) is 29.2. The van der Waals surface area contributed by atoms with E-state index in [1.165, 1.54) is 83.6 Å². The maximum Gasteiger partial charge on any atom is 0.410 e. The highest BCUT2D eigenvalue weighted by molar-refractivity contribution is 7.90. The number of rotatable bonds is 28. The van der Waals surface area contributed by atoms with Gasteiger partial charge in [0.1, 0.15) is 27.5 Å². The number of halogens is 2. The van der Waals surface area contributed by atoms with Crippen LogP contribution in [0.15, 0.2) is 95.2 Å². The molecule has 5 N–H and O–H groups in total. The van der Waals surface area contributed by atoms with E-state index in [2.05, 4.69) is 73.8 Å². The summed E-state index contributed by atoms with van der Waals surface area (Å²) in [6.07, 6.45) is 13.7. The lowest BCUT2D eigenvalue weighted by molar-refractivity contribution is 0.0105. The lowest BCUT2D eigenvalue weighted by atomic mass is 10.0. The summed E-state index contributed by atoms with van der Waals surface area (Å²) >= 11 is 12.6. The van der Waals surface area contributed by atoms with Crippen molar-refractivity contribution in [3.63, 3.8) is 0 Å². The number of amides is 3. The number of likely N-dealkylation sites (tertiary alicyclic amines) is 1. The number of carbonyl (C=O) groups is 3. The quantitative estimate of drug-likeness (QED) is 0.0225. The summed E-state index contributed by atoms with van der Waals surface area (Å²) in [5.41, 5.74) is -0.265. The molecule has 4 fully saturated rings. The first kappa shape index (κ1) is 70.1. The molecule has 4 aliphatic rings. The summed E-state index contributed by atoms with van der Waals surface area (Å²) < 4.78 is 88.0. The van der Waals surface area contributed by atoms with Crippen molar-refractivity contribution >= 4 is 72.8 Å². The second-order valence-corrected chi connectivity index (χ2v) is 30.7. The zero-order valence-corrected chi connectivity index (χ0v) is 57.1. The molecule has 93 heavy (non-hydrogen) atoms. The van der Waals surface area contributed by atoms with Crippen LogP contribution in [0.3, 0.4) is 0 Å². The van der Waals surface area contributed by atoms with Crippen LogP contribution < -0.4 is 34.9 Å². The van der Waals surface area contributed by atoms with E-state index in [4.69, 9.17) is 46.9 Å². The number of hydrogen-bond donors (Lipinski definition) is 5. The van der Waals surface area contributed by atoms with Gasteiger partial charge in [0.05, 0.1) is 56.3 Å². The first-order valence-electron chi connectivity index (χ1n) is 31.1. The monoisotopic (exact) mass is 1360 g/mol. The number of carbonyl (C=O) groups excluding carboxylic acids is 3. The average Bonchev–Trinajstić information content (AvgIpc) is 1.88. The Balaban J connectivity index is 0.000000222. The molecule has 2 aliphatic carbocycles. The van der Waals surface area contributed by atoms with Crippen LogP contribution >= 0.6 is 23.2 Å². The number of nitrogens with one attached hydrogen (secondary N) is 5. The van der Waals surface area contributed by atoms with E-state index in [-0.39, 0.29) is 67.7 Å². The molecule has 0 bridgehead atoms. The van der Waals surface area contributed by atoms with E-state index in [1.54, 1.807) is 41.6 Å². The van der Waals surface area contributed by atoms with Gasteiger partial charge in [0.15, 0.2) is 21.7 Å². The molecule has 0 spiro atoms. The smallest absolute Gasteiger partial charge is 0.410 e. The SMILES string of the molecule is CC1(CCCOc2ccn(-c3ccc(C(=O)NS(=O)(=O)c4cccc(NCCOC5CN(C(=O)OC(C)(C)C)C(C)(C)C5)n4)c(Cl)n3)n2)CC1.CC1(CCCOc2ccn(-c3ccc(C(=O)NS(=O)(=O)c4cccc(NCCOC5CNC(C)(C)C5)n4)c(Cl)n3)n2)CC1. The van der Waals surface area contributed by atoms with Gasteiger partial charge in [0, 0.05) is 55.2 Å². The molecule has 30 heteroatoms. The summed E-state index contributed by atoms with van der Waals surface area (Å²) in [4.78, 5) is 57.0. The number of anilines is 2. The second-order valence-electron chi connectivity index (χ2n) is 26.7. The minimum Gasteiger partial charge on any atom is -0.477 e. The Morgan fingerprint density at radius 1 is 0.613 bits per heavy atom. The molecule has 0 radical (unpaired) electrons. The largest absolute Gasteiger partial charge is 0.477 e. The Hall–Kier alpha value is -7.21. The fourth-order valence-corrected chi connectivity index (χ4v) is 12.8. The Labute approximate surface area is 553 Å². The van der Waals surface area contributed by atoms with Gasteiger partial charge in [-0.15, -0.1) is 10.2 Å². The molecule has 10 rings (SSSR count). The molecule has 2 saturated heterocycles. The van der Waals surface area contributed by atoms with Gasteiger partial charge in [-0.1, -0.05) is 49.2 Å². The van der Waals surface area contributed by atoms with Gasteiger partial charge < -0.3 is 44.5 Å². The minimum absolute atomic E-state index is 0.0568. The maximum atomic E-state index is 13.1. The topological polar surface area (TPSA) is 316 Å². The normalized spacial score (nSPS) is 18.4. The summed E-state index contributed by atoms with van der Waals surface area (Å²) in [7, 11) is -8.65. The van der Waals surface area contributed by atoms with Crippen LogP contribution in [0.4, 0.5) is 16.4 Å². The molecule has 2 saturated carbocycles. The van der Waals surface area contributed by atoms with Crippen molar-refractivity contribution in [1.82, 2.24) is 59.2 Å². The van der Waals surface area contributed by atoms with Crippen LogP contribution in [-0.2, 0) is 34.3 Å². The molecule has 2 unspecified atom stereocenters. The molecular formula is C63H84Cl2N14O12S2. The van der Waals surface area contributed by atoms with E-state index in [0.717, 1.165) is 38.6 Å². The molecule has 6 aromatic rings. The average molecular weight is 1360 g/mol. The van der Waals surface area contributed by atoms with Crippen LogP contribution in [0.25, 0.3) is 11.6 Å². The van der Waals surface area contributed by atoms with Gasteiger partial charge in [0.2, 0.25) is 11.8 Å². The van der Waals surface area contributed by atoms with Gasteiger partial charge in [-0.3, -0.25) is 9.59 Å². The Morgan fingerprint density at radius 2 is 1.08 bits per heavy atom. The van der Waals surface area contributed by atoms with Gasteiger partial charge in [-0.05, 0) is 172 Å². The molecule has 3 amide bonds. The number of hydrogen-bond acceptors (Lipinski definition) is 21. The summed E-state index contributed by atoms with van der Waals surface area (Å²) in [6.45, 7) is 22.1. The van der Waals surface area contributed by atoms with Crippen molar-refractivity contribution < 1.29 is 54.9 Å². The van der Waals surface area contributed by atoms with Crippen molar-refractivity contribution in [1.29, 1.82) is 0 Å². The van der Waals surface area contributed by atoms with Crippen molar-refractivity contribution in [2.45, 2.75) is 165 Å². The van der Waals surface area contributed by atoms with E-state index in [9.17, 15) is 31.2 Å². The standard InChI is InChI=1S/C34H46ClN7O7S.C29H38ClN7O5S/c1-32(2,3)49-31(44)41-22-23(21-33(41,4)5)47-20-17-36-25-9-7-10-28(37-25)50(45,46)40-30(43)24-11-12-26(38-29(24)35)42-18-13-27(39-42)48-19-8-14-34(6)15-16-34;1-28(2)18-20(19-32-28)41-17-14-31-22-6-4-7-25(33-22)43(39,40)36-27(38)21-8-9-23(34-26(21)30)37-15-10-24(35-37)42-16-5-11-29(3)12-13-29/h7,9-13,18,23H,8,14-17,19-22H2,1-6H3,(H,36,37)(H,40,43);4,6-10,15,20,32H,5,11-14,16-19H2,1-3H3,(H,31,33)(H,36,38). The molecule has 2 aliphatic heterocycles. The molecule has 2 atom stereocenters. The summed E-state index contributed by atoms with van der Waals surface area (Å²) in [6, 6.07) is 18.1. The zero-order valence-electron chi connectivity index (χ0n) is 54.0. The van der Waals surface area contributed by atoms with Crippen LogP contribution in [-0.4, -0.2) is 161 Å². The van der Waals surface area contributed by atoms with E-state index >= 15 is 0 Å². The van der Waals surface area contributed by atoms with E-state index < -0.39 is 43.0 Å². The van der Waals surface area contributed by atoms with Crippen molar-refractivity contribution in [2.24, 2.45) is 10.8 Å². The van der Waals surface area contributed by atoms with Crippen LogP contribution in [0.1, 0.15) is 147 Å². The highest BCUT2D eigenvalue weighted by Crippen LogP contribution is 2.49. The number of aromatic nitrogens is 8.